The highest BCUT2D eigenvalue weighted by atomic mass is 35.5. The van der Waals surface area contributed by atoms with Gasteiger partial charge in [0.15, 0.2) is 5.16 Å². The molecule has 2 N–H and O–H groups in total. The van der Waals surface area contributed by atoms with Gasteiger partial charge in [0.2, 0.25) is 5.91 Å². The van der Waals surface area contributed by atoms with E-state index in [9.17, 15) is 4.79 Å². The average molecular weight is 415 g/mol. The molecule has 146 valence electrons. The lowest BCUT2D eigenvalue weighted by Gasteiger charge is -2.11. The normalized spacial score (nSPS) is 10.8. The van der Waals surface area contributed by atoms with E-state index in [1.54, 1.807) is 0 Å². The van der Waals surface area contributed by atoms with Crippen molar-refractivity contribution >= 4 is 46.0 Å². The van der Waals surface area contributed by atoms with Crippen molar-refractivity contribution in [3.05, 3.63) is 59.1 Å². The molecule has 3 aromatic rings. The Morgan fingerprint density at radius 2 is 1.89 bits per heavy atom. The number of thioether (sulfide) groups is 1. The van der Waals surface area contributed by atoms with Crippen molar-refractivity contribution in [1.82, 2.24) is 15.3 Å². The molecule has 0 atom stereocenters. The fraction of sp³-hybridized carbons (Fsp3) is 0.286. The van der Waals surface area contributed by atoms with Crippen LogP contribution in [0.25, 0.3) is 10.9 Å². The molecular weight excluding hydrogens is 392 g/mol. The molecule has 0 bridgehead atoms. The van der Waals surface area contributed by atoms with Crippen LogP contribution < -0.4 is 10.6 Å². The summed E-state index contributed by atoms with van der Waals surface area (Å²) in [4.78, 5) is 21.2. The van der Waals surface area contributed by atoms with Crippen molar-refractivity contribution in [3.63, 3.8) is 0 Å². The van der Waals surface area contributed by atoms with Gasteiger partial charge in [-0.15, -0.1) is 0 Å². The van der Waals surface area contributed by atoms with Gasteiger partial charge < -0.3 is 10.6 Å². The number of carbonyl (C=O) groups is 1. The third-order valence-corrected chi connectivity index (χ3v) is 5.24. The number of fused-ring (bicyclic) bond motifs is 1. The van der Waals surface area contributed by atoms with E-state index in [0.717, 1.165) is 35.1 Å². The van der Waals surface area contributed by atoms with Crippen molar-refractivity contribution in [1.29, 1.82) is 0 Å². The minimum Gasteiger partial charge on any atom is -0.365 e. The second kappa shape index (κ2) is 10.3. The van der Waals surface area contributed by atoms with E-state index in [1.165, 1.54) is 11.8 Å². The maximum Gasteiger partial charge on any atom is 0.230 e. The summed E-state index contributed by atoms with van der Waals surface area (Å²) >= 11 is 7.30. The molecular formula is C21H23ClN4OS. The van der Waals surface area contributed by atoms with Crippen LogP contribution in [0.15, 0.2) is 53.7 Å². The molecule has 3 rings (SSSR count). The lowest BCUT2D eigenvalue weighted by Crippen LogP contribution is -2.26. The molecule has 0 spiro atoms. The van der Waals surface area contributed by atoms with Crippen molar-refractivity contribution in [2.24, 2.45) is 0 Å². The zero-order valence-electron chi connectivity index (χ0n) is 15.7. The third-order valence-electron chi connectivity index (χ3n) is 4.14. The van der Waals surface area contributed by atoms with E-state index in [0.29, 0.717) is 29.0 Å². The van der Waals surface area contributed by atoms with Crippen LogP contribution in [-0.4, -0.2) is 28.2 Å². The predicted octanol–water partition coefficient (Wildman–Crippen LogP) is 4.90. The number of rotatable bonds is 9. The highest BCUT2D eigenvalue weighted by molar-refractivity contribution is 7.99. The minimum atomic E-state index is 0.00545. The van der Waals surface area contributed by atoms with Crippen molar-refractivity contribution in [3.8, 4) is 0 Å². The Balaban J connectivity index is 1.71. The van der Waals surface area contributed by atoms with Crippen LogP contribution in [0.5, 0.6) is 0 Å². The molecule has 1 heterocycles. The summed E-state index contributed by atoms with van der Waals surface area (Å²) < 4.78 is 0. The number of hydrogen-bond donors (Lipinski definition) is 2. The number of nitrogens with zero attached hydrogens (tertiary/aromatic N) is 2. The van der Waals surface area contributed by atoms with Crippen LogP contribution in [0.1, 0.15) is 25.3 Å². The largest absolute Gasteiger partial charge is 0.365 e. The molecule has 7 heteroatoms. The van der Waals surface area contributed by atoms with E-state index < -0.39 is 0 Å². The van der Waals surface area contributed by atoms with E-state index in [2.05, 4.69) is 27.5 Å². The average Bonchev–Trinajstić information content (AvgIpc) is 2.72. The first kappa shape index (κ1) is 20.4. The van der Waals surface area contributed by atoms with Gasteiger partial charge in [-0.2, -0.15) is 0 Å². The van der Waals surface area contributed by atoms with Gasteiger partial charge in [-0.1, -0.05) is 61.0 Å². The summed E-state index contributed by atoms with van der Waals surface area (Å²) in [5.74, 6) is 1.07. The van der Waals surface area contributed by atoms with Crippen LogP contribution in [0.3, 0.4) is 0 Å². The van der Waals surface area contributed by atoms with Gasteiger partial charge in [0.1, 0.15) is 5.82 Å². The molecule has 0 unspecified atom stereocenters. The summed E-state index contributed by atoms with van der Waals surface area (Å²) in [6.07, 6.45) is 2.05. The first-order valence-electron chi connectivity index (χ1n) is 9.30. The number of anilines is 1. The minimum absolute atomic E-state index is 0.00545. The molecule has 0 radical (unpaired) electrons. The summed E-state index contributed by atoms with van der Waals surface area (Å²) in [5, 5.41) is 8.55. The van der Waals surface area contributed by atoms with E-state index in [1.807, 2.05) is 48.5 Å². The molecule has 0 saturated heterocycles. The second-order valence-electron chi connectivity index (χ2n) is 6.34. The van der Waals surface area contributed by atoms with E-state index in [-0.39, 0.29) is 5.91 Å². The van der Waals surface area contributed by atoms with Crippen LogP contribution in [0.2, 0.25) is 5.02 Å². The van der Waals surface area contributed by atoms with E-state index in [4.69, 9.17) is 11.6 Å². The van der Waals surface area contributed by atoms with Gasteiger partial charge in [0, 0.05) is 23.5 Å². The summed E-state index contributed by atoms with van der Waals surface area (Å²) in [5.41, 5.74) is 1.96. The molecule has 0 aliphatic carbocycles. The number of benzene rings is 2. The third kappa shape index (κ3) is 5.84. The Morgan fingerprint density at radius 3 is 2.68 bits per heavy atom. The van der Waals surface area contributed by atoms with Crippen LogP contribution in [0.4, 0.5) is 5.82 Å². The molecule has 0 saturated carbocycles. The standard InChI is InChI=1S/C21H23ClN4OS/c1-2-3-12-23-19(27)14-28-21-25-18-7-5-4-6-17(18)20(26-21)24-13-15-8-10-16(22)11-9-15/h4-11H,2-3,12-14H2,1H3,(H,23,27)(H,24,25,26). The smallest absolute Gasteiger partial charge is 0.230 e. The zero-order valence-corrected chi connectivity index (χ0v) is 17.3. The fourth-order valence-electron chi connectivity index (χ4n) is 2.63. The first-order valence-corrected chi connectivity index (χ1v) is 10.7. The lowest BCUT2D eigenvalue weighted by atomic mass is 10.2. The molecule has 5 nitrogen and oxygen atoms in total. The number of carbonyl (C=O) groups excluding carboxylic acids is 1. The van der Waals surface area contributed by atoms with Crippen molar-refractivity contribution < 1.29 is 4.79 Å². The molecule has 28 heavy (non-hydrogen) atoms. The molecule has 2 aromatic carbocycles. The lowest BCUT2D eigenvalue weighted by molar-refractivity contribution is -0.118. The van der Waals surface area contributed by atoms with Crippen molar-refractivity contribution in [2.45, 2.75) is 31.5 Å². The van der Waals surface area contributed by atoms with Gasteiger partial charge >= 0.3 is 0 Å². The molecule has 1 amide bonds. The fourth-order valence-corrected chi connectivity index (χ4v) is 3.44. The summed E-state index contributed by atoms with van der Waals surface area (Å²) in [6.45, 7) is 3.44. The van der Waals surface area contributed by atoms with Crippen LogP contribution >= 0.6 is 23.4 Å². The topological polar surface area (TPSA) is 66.9 Å². The summed E-state index contributed by atoms with van der Waals surface area (Å²) in [6, 6.07) is 15.6. The quantitative estimate of drug-likeness (QED) is 0.296. The molecule has 1 aromatic heterocycles. The maximum absolute atomic E-state index is 12.0. The van der Waals surface area contributed by atoms with Crippen LogP contribution in [0, 0.1) is 0 Å². The molecule has 0 aliphatic rings. The number of para-hydroxylation sites is 1. The van der Waals surface area contributed by atoms with Gasteiger partial charge in [-0.05, 0) is 36.2 Å². The number of nitrogens with one attached hydrogen (secondary N) is 2. The Kier molecular flexibility index (Phi) is 7.51. The Hall–Kier alpha value is -2.31. The monoisotopic (exact) mass is 414 g/mol. The highest BCUT2D eigenvalue weighted by Gasteiger charge is 2.10. The number of unbranched alkanes of at least 4 members (excludes halogenated alkanes) is 1. The maximum atomic E-state index is 12.0. The van der Waals surface area contributed by atoms with Crippen LogP contribution in [-0.2, 0) is 11.3 Å². The Bertz CT molecular complexity index is 933. The predicted molar refractivity (Wildman–Crippen MR) is 117 cm³/mol. The number of hydrogen-bond acceptors (Lipinski definition) is 5. The van der Waals surface area contributed by atoms with Crippen molar-refractivity contribution in [2.75, 3.05) is 17.6 Å². The number of amides is 1. The molecule has 0 fully saturated rings. The molecule has 0 aliphatic heterocycles. The number of halogens is 1. The van der Waals surface area contributed by atoms with Gasteiger partial charge in [0.25, 0.3) is 0 Å². The number of aromatic nitrogens is 2. The highest BCUT2D eigenvalue weighted by Crippen LogP contribution is 2.25. The van der Waals surface area contributed by atoms with Gasteiger partial charge in [-0.25, -0.2) is 9.97 Å². The SMILES string of the molecule is CCCCNC(=O)CSc1nc(NCc2ccc(Cl)cc2)c2ccccc2n1. The van der Waals surface area contributed by atoms with E-state index >= 15 is 0 Å². The first-order chi connectivity index (χ1) is 13.7. The van der Waals surface area contributed by atoms with Gasteiger partial charge in [-0.3, -0.25) is 4.79 Å². The zero-order chi connectivity index (χ0) is 19.8. The second-order valence-corrected chi connectivity index (χ2v) is 7.72. The Labute approximate surface area is 174 Å². The van der Waals surface area contributed by atoms with Gasteiger partial charge in [0.05, 0.1) is 11.3 Å². The Morgan fingerprint density at radius 1 is 1.11 bits per heavy atom. The summed E-state index contributed by atoms with van der Waals surface area (Å²) in [7, 11) is 0.